The third kappa shape index (κ3) is 5.08. The van der Waals surface area contributed by atoms with Crippen molar-refractivity contribution in [3.63, 3.8) is 0 Å². The highest BCUT2D eigenvalue weighted by Gasteiger charge is 2.22. The number of aromatic nitrogens is 5. The van der Waals surface area contributed by atoms with Crippen molar-refractivity contribution in [2.24, 2.45) is 0 Å². The highest BCUT2D eigenvalue weighted by molar-refractivity contribution is 7.26. The van der Waals surface area contributed by atoms with E-state index in [0.717, 1.165) is 87.4 Å². The van der Waals surface area contributed by atoms with Gasteiger partial charge in [-0.05, 0) is 36.4 Å². The fourth-order valence-electron chi connectivity index (χ4n) is 7.88. The number of rotatable bonds is 5. The molecule has 5 heterocycles. The van der Waals surface area contributed by atoms with E-state index in [9.17, 15) is 0 Å². The zero-order valence-electron chi connectivity index (χ0n) is 30.0. The molecule has 0 N–H and O–H groups in total. The standard InChI is InChI=1S/C49H27N5O2S/c1-3-13-28(14-4-1)41-45-42(35-18-8-10-24-40(35)57-45)51-48(50-41)36-21-12-20-34-32-26-25-30(27-39(32)56-44(34)36)47-52-46(29-15-5-2-6-16-29)53-49(54-47)37-22-11-19-33-31-17-7-9-23-38(31)55-43(33)37/h1-27H. The Balaban J connectivity index is 1.04. The lowest BCUT2D eigenvalue weighted by atomic mass is 10.1. The molecule has 0 aliphatic heterocycles. The Morgan fingerprint density at radius 2 is 0.930 bits per heavy atom. The molecule has 0 saturated heterocycles. The van der Waals surface area contributed by atoms with Crippen molar-refractivity contribution in [1.82, 2.24) is 24.9 Å². The predicted molar refractivity (Wildman–Crippen MR) is 230 cm³/mol. The van der Waals surface area contributed by atoms with Crippen LogP contribution >= 0.6 is 11.3 Å². The minimum Gasteiger partial charge on any atom is -0.455 e. The van der Waals surface area contributed by atoms with Crippen LogP contribution in [-0.4, -0.2) is 24.9 Å². The van der Waals surface area contributed by atoms with Crippen molar-refractivity contribution >= 4 is 75.5 Å². The molecule has 0 spiro atoms. The molecule has 12 aromatic rings. The normalized spacial score (nSPS) is 11.9. The average Bonchev–Trinajstić information content (AvgIpc) is 3.97. The van der Waals surface area contributed by atoms with Gasteiger partial charge in [0.1, 0.15) is 22.3 Å². The lowest BCUT2D eigenvalue weighted by Gasteiger charge is -2.08. The van der Waals surface area contributed by atoms with Crippen LogP contribution in [0.2, 0.25) is 0 Å². The number of fused-ring (bicyclic) bond motifs is 9. The Hall–Kier alpha value is -7.55. The molecule has 5 aromatic heterocycles. The van der Waals surface area contributed by atoms with Gasteiger partial charge in [-0.15, -0.1) is 11.3 Å². The number of hydrogen-bond donors (Lipinski definition) is 0. The second-order valence-electron chi connectivity index (χ2n) is 14.0. The fraction of sp³-hybridized carbons (Fsp3) is 0. The first-order valence-corrected chi connectivity index (χ1v) is 19.5. The molecule has 0 unspecified atom stereocenters. The summed E-state index contributed by atoms with van der Waals surface area (Å²) in [5, 5.41) is 5.13. The summed E-state index contributed by atoms with van der Waals surface area (Å²) in [7, 11) is 0. The van der Waals surface area contributed by atoms with Crippen LogP contribution in [0.4, 0.5) is 0 Å². The third-order valence-corrected chi connectivity index (χ3v) is 11.7. The van der Waals surface area contributed by atoms with Crippen molar-refractivity contribution in [1.29, 1.82) is 0 Å². The van der Waals surface area contributed by atoms with Gasteiger partial charge in [0, 0.05) is 48.3 Å². The molecule has 0 atom stereocenters. The average molecular weight is 750 g/mol. The Bertz CT molecular complexity index is 3540. The number of para-hydroxylation sites is 3. The van der Waals surface area contributed by atoms with Gasteiger partial charge in [0.25, 0.3) is 0 Å². The van der Waals surface area contributed by atoms with Crippen LogP contribution in [0.15, 0.2) is 173 Å². The summed E-state index contributed by atoms with van der Waals surface area (Å²) in [6.07, 6.45) is 0. The molecule has 0 radical (unpaired) electrons. The van der Waals surface area contributed by atoms with E-state index in [0.29, 0.717) is 28.9 Å². The maximum absolute atomic E-state index is 6.78. The second kappa shape index (κ2) is 12.5. The first kappa shape index (κ1) is 31.8. The van der Waals surface area contributed by atoms with Crippen LogP contribution in [0.25, 0.3) is 121 Å². The highest BCUT2D eigenvalue weighted by atomic mass is 32.1. The van der Waals surface area contributed by atoms with E-state index >= 15 is 0 Å². The van der Waals surface area contributed by atoms with Crippen molar-refractivity contribution in [2.45, 2.75) is 0 Å². The topological polar surface area (TPSA) is 90.7 Å². The van der Waals surface area contributed by atoms with E-state index < -0.39 is 0 Å². The van der Waals surface area contributed by atoms with Gasteiger partial charge in [-0.3, -0.25) is 0 Å². The van der Waals surface area contributed by atoms with Gasteiger partial charge in [-0.1, -0.05) is 127 Å². The molecule has 57 heavy (non-hydrogen) atoms. The minimum atomic E-state index is 0.526. The molecule has 7 nitrogen and oxygen atoms in total. The van der Waals surface area contributed by atoms with Gasteiger partial charge >= 0.3 is 0 Å². The quantitative estimate of drug-likeness (QED) is 0.173. The summed E-state index contributed by atoms with van der Waals surface area (Å²) in [6, 6.07) is 55.2. The molecule has 0 saturated carbocycles. The number of thiophene rings is 1. The maximum atomic E-state index is 6.78. The molecule has 0 aliphatic carbocycles. The van der Waals surface area contributed by atoms with E-state index in [1.807, 2.05) is 103 Å². The van der Waals surface area contributed by atoms with E-state index in [-0.39, 0.29) is 0 Å². The predicted octanol–water partition coefficient (Wildman–Crippen LogP) is 13.2. The molecule has 0 amide bonds. The first-order chi connectivity index (χ1) is 28.2. The molecular weight excluding hydrogens is 723 g/mol. The summed E-state index contributed by atoms with van der Waals surface area (Å²) in [4.78, 5) is 25.6. The zero-order valence-corrected chi connectivity index (χ0v) is 30.9. The molecule has 0 bridgehead atoms. The molecule has 12 rings (SSSR count). The lowest BCUT2D eigenvalue weighted by Crippen LogP contribution is -2.00. The van der Waals surface area contributed by atoms with Crippen LogP contribution < -0.4 is 0 Å². The smallest absolute Gasteiger partial charge is 0.167 e. The van der Waals surface area contributed by atoms with Gasteiger partial charge in [0.15, 0.2) is 23.3 Å². The van der Waals surface area contributed by atoms with Crippen molar-refractivity contribution < 1.29 is 8.83 Å². The Kier molecular flexibility index (Phi) is 6.96. The SMILES string of the molecule is c1ccc(-c2nc(-c3ccc4c(c3)oc3c(-c5nc(-c6ccccc6)c6sc7ccccc7c6n5)cccc34)nc(-c3cccc4c3oc3ccccc34)n2)cc1. The molecule has 7 aromatic carbocycles. The number of hydrogen-bond acceptors (Lipinski definition) is 8. The summed E-state index contributed by atoms with van der Waals surface area (Å²) < 4.78 is 15.4. The molecule has 0 fully saturated rings. The van der Waals surface area contributed by atoms with Gasteiger partial charge in [0.2, 0.25) is 0 Å². The number of benzene rings is 7. The van der Waals surface area contributed by atoms with Crippen LogP contribution in [0.1, 0.15) is 0 Å². The van der Waals surface area contributed by atoms with E-state index in [1.165, 1.54) is 4.70 Å². The Labute approximate surface area is 328 Å². The highest BCUT2D eigenvalue weighted by Crippen LogP contribution is 2.42. The Morgan fingerprint density at radius 3 is 1.68 bits per heavy atom. The zero-order chi connectivity index (χ0) is 37.5. The molecule has 266 valence electrons. The summed E-state index contributed by atoms with van der Waals surface area (Å²) in [5.41, 5.74) is 9.19. The van der Waals surface area contributed by atoms with Gasteiger partial charge in [-0.25, -0.2) is 24.9 Å². The summed E-state index contributed by atoms with van der Waals surface area (Å²) in [6.45, 7) is 0. The number of nitrogens with zero attached hydrogens (tertiary/aromatic N) is 5. The maximum Gasteiger partial charge on any atom is 0.167 e. The largest absolute Gasteiger partial charge is 0.455 e. The van der Waals surface area contributed by atoms with E-state index in [2.05, 4.69) is 60.7 Å². The van der Waals surface area contributed by atoms with Crippen molar-refractivity contribution in [3.8, 4) is 56.8 Å². The number of furan rings is 2. The van der Waals surface area contributed by atoms with E-state index in [4.69, 9.17) is 33.8 Å². The summed E-state index contributed by atoms with van der Waals surface area (Å²) in [5.74, 6) is 2.24. The Morgan fingerprint density at radius 1 is 0.368 bits per heavy atom. The second-order valence-corrected chi connectivity index (χ2v) is 15.0. The monoisotopic (exact) mass is 749 g/mol. The van der Waals surface area contributed by atoms with Crippen LogP contribution in [-0.2, 0) is 0 Å². The lowest BCUT2D eigenvalue weighted by molar-refractivity contribution is 0.669. The van der Waals surface area contributed by atoms with Gasteiger partial charge in [0.05, 0.1) is 27.0 Å². The first-order valence-electron chi connectivity index (χ1n) is 18.7. The van der Waals surface area contributed by atoms with E-state index in [1.54, 1.807) is 11.3 Å². The van der Waals surface area contributed by atoms with Crippen molar-refractivity contribution in [3.05, 3.63) is 164 Å². The summed E-state index contributed by atoms with van der Waals surface area (Å²) >= 11 is 1.72. The van der Waals surface area contributed by atoms with Crippen LogP contribution in [0, 0.1) is 0 Å². The molecular formula is C49H27N5O2S. The van der Waals surface area contributed by atoms with Crippen molar-refractivity contribution in [2.75, 3.05) is 0 Å². The third-order valence-electron chi connectivity index (χ3n) is 10.6. The minimum absolute atomic E-state index is 0.526. The molecule has 8 heteroatoms. The molecule has 0 aliphatic rings. The van der Waals surface area contributed by atoms with Gasteiger partial charge in [-0.2, -0.15) is 0 Å². The fourth-order valence-corrected chi connectivity index (χ4v) is 9.04. The van der Waals surface area contributed by atoms with Gasteiger partial charge < -0.3 is 8.83 Å². The van der Waals surface area contributed by atoms with Crippen LogP contribution in [0.3, 0.4) is 0 Å². The van der Waals surface area contributed by atoms with Crippen LogP contribution in [0.5, 0.6) is 0 Å².